The molecule has 1 aliphatic carbocycles. The van der Waals surface area contributed by atoms with Crippen LogP contribution in [0.25, 0.3) is 10.2 Å². The molecule has 0 bridgehead atoms. The van der Waals surface area contributed by atoms with Crippen molar-refractivity contribution in [1.29, 1.82) is 0 Å². The summed E-state index contributed by atoms with van der Waals surface area (Å²) in [4.78, 5) is 13.8. The second-order valence-corrected chi connectivity index (χ2v) is 11.2. The van der Waals surface area contributed by atoms with E-state index < -0.39 is 0 Å². The second-order valence-electron chi connectivity index (χ2n) is 10.4. The average Bonchev–Trinajstić information content (AvgIpc) is 3.52. The van der Waals surface area contributed by atoms with E-state index in [0.29, 0.717) is 18.5 Å². The number of hydrogen-bond acceptors (Lipinski definition) is 8. The molecule has 3 aromatic rings. The summed E-state index contributed by atoms with van der Waals surface area (Å²) in [7, 11) is 0. The maximum Gasteiger partial charge on any atom is 0.139 e. The fourth-order valence-corrected chi connectivity index (χ4v) is 6.88. The van der Waals surface area contributed by atoms with Crippen molar-refractivity contribution in [3.05, 3.63) is 34.7 Å². The van der Waals surface area contributed by atoms with Gasteiger partial charge in [0.05, 0.1) is 17.6 Å². The second kappa shape index (κ2) is 10.5. The van der Waals surface area contributed by atoms with Crippen LogP contribution in [0.2, 0.25) is 0 Å². The van der Waals surface area contributed by atoms with Crippen LogP contribution < -0.4 is 10.6 Å². The first kappa shape index (κ1) is 23.3. The fraction of sp³-hybridized carbons (Fsp3) is 0.654. The minimum absolute atomic E-state index is 0.439. The van der Waals surface area contributed by atoms with Crippen molar-refractivity contribution in [3.8, 4) is 0 Å². The van der Waals surface area contributed by atoms with Gasteiger partial charge in [0.2, 0.25) is 0 Å². The molecule has 35 heavy (non-hydrogen) atoms. The number of nitrogens with zero attached hydrogens (tertiary/aromatic N) is 5. The number of thiophene rings is 1. The third-order valence-corrected chi connectivity index (χ3v) is 8.94. The van der Waals surface area contributed by atoms with Crippen LogP contribution in [0.4, 0.5) is 5.82 Å². The molecule has 5 heterocycles. The van der Waals surface area contributed by atoms with Crippen LogP contribution >= 0.6 is 11.3 Å². The van der Waals surface area contributed by atoms with Gasteiger partial charge in [-0.05, 0) is 62.0 Å². The van der Waals surface area contributed by atoms with Gasteiger partial charge in [0.1, 0.15) is 16.5 Å². The van der Waals surface area contributed by atoms with Gasteiger partial charge < -0.3 is 15.4 Å². The minimum atomic E-state index is 0.439. The predicted molar refractivity (Wildman–Crippen MR) is 140 cm³/mol. The van der Waals surface area contributed by atoms with Crippen LogP contribution in [-0.4, -0.2) is 76.1 Å². The van der Waals surface area contributed by atoms with Gasteiger partial charge in [-0.3, -0.25) is 9.58 Å². The highest BCUT2D eigenvalue weighted by atomic mass is 32.1. The minimum Gasteiger partial charge on any atom is -0.381 e. The summed E-state index contributed by atoms with van der Waals surface area (Å²) in [6, 6.07) is 1.66. The van der Waals surface area contributed by atoms with Gasteiger partial charge in [-0.15, -0.1) is 11.3 Å². The molecule has 2 aliphatic heterocycles. The summed E-state index contributed by atoms with van der Waals surface area (Å²) < 4.78 is 7.62. The molecule has 188 valence electrons. The maximum atomic E-state index is 5.51. The lowest BCUT2D eigenvalue weighted by Crippen LogP contribution is -2.50. The largest absolute Gasteiger partial charge is 0.381 e. The number of fused-ring (bicyclic) bond motifs is 1. The van der Waals surface area contributed by atoms with E-state index in [9.17, 15) is 0 Å². The molecule has 1 saturated carbocycles. The highest BCUT2D eigenvalue weighted by Gasteiger charge is 2.27. The number of hydrogen-bond donors (Lipinski definition) is 2. The Balaban J connectivity index is 1.15. The lowest BCUT2D eigenvalue weighted by atomic mass is 9.89. The Hall–Kier alpha value is -2.07. The van der Waals surface area contributed by atoms with Gasteiger partial charge in [-0.2, -0.15) is 5.10 Å². The topological polar surface area (TPSA) is 80.1 Å². The first-order chi connectivity index (χ1) is 17.2. The number of rotatable bonds is 6. The summed E-state index contributed by atoms with van der Waals surface area (Å²) >= 11 is 1.72. The molecule has 3 fully saturated rings. The van der Waals surface area contributed by atoms with Crippen LogP contribution in [-0.2, 0) is 11.2 Å². The summed E-state index contributed by atoms with van der Waals surface area (Å²) in [5.41, 5.74) is 2.44. The smallest absolute Gasteiger partial charge is 0.139 e. The number of ether oxygens (including phenoxy) is 1. The Labute approximate surface area is 211 Å². The summed E-state index contributed by atoms with van der Waals surface area (Å²) in [5.74, 6) is 1.90. The molecule has 0 radical (unpaired) electrons. The van der Waals surface area contributed by atoms with Gasteiger partial charge in [-0.1, -0.05) is 0 Å². The molecule has 0 spiro atoms. The Kier molecular flexibility index (Phi) is 7.00. The molecule has 0 aromatic carbocycles. The van der Waals surface area contributed by atoms with Gasteiger partial charge in [0, 0.05) is 64.1 Å². The van der Waals surface area contributed by atoms with E-state index >= 15 is 0 Å². The van der Waals surface area contributed by atoms with Crippen LogP contribution in [0.5, 0.6) is 0 Å². The molecule has 3 aliphatic rings. The van der Waals surface area contributed by atoms with Crippen molar-refractivity contribution in [2.24, 2.45) is 0 Å². The number of anilines is 1. The quantitative estimate of drug-likeness (QED) is 0.539. The molecule has 8 nitrogen and oxygen atoms in total. The van der Waals surface area contributed by atoms with Crippen LogP contribution in [0.15, 0.2) is 17.8 Å². The standard InChI is InChI=1S/C26H37N7OS/c1-18-17-35-26-24(18)25(29-20-2-4-21(5-3-20)32-10-8-27-9-11-32)30-23(31-26)14-19-15-28-33(16-19)22-6-12-34-13-7-22/h15-17,20-22,27H,2-14H2,1H3,(H,29,30,31). The molecule has 2 saturated heterocycles. The van der Waals surface area contributed by atoms with Crippen molar-refractivity contribution in [2.45, 2.75) is 70.0 Å². The molecule has 3 aromatic heterocycles. The Morgan fingerprint density at radius 3 is 2.66 bits per heavy atom. The average molecular weight is 496 g/mol. The van der Waals surface area contributed by atoms with Crippen LogP contribution in [0.3, 0.4) is 0 Å². The monoisotopic (exact) mass is 495 g/mol. The molecule has 6 rings (SSSR count). The number of nitrogens with one attached hydrogen (secondary N) is 2. The predicted octanol–water partition coefficient (Wildman–Crippen LogP) is 3.77. The van der Waals surface area contributed by atoms with Crippen molar-refractivity contribution >= 4 is 27.4 Å². The first-order valence-electron chi connectivity index (χ1n) is 13.3. The third kappa shape index (κ3) is 5.23. The maximum absolute atomic E-state index is 5.51. The van der Waals surface area contributed by atoms with Gasteiger partial charge in [0.25, 0.3) is 0 Å². The highest BCUT2D eigenvalue weighted by Crippen LogP contribution is 2.33. The zero-order chi connectivity index (χ0) is 23.6. The normalized spacial score (nSPS) is 24.7. The molecular weight excluding hydrogens is 458 g/mol. The van der Waals surface area contributed by atoms with E-state index in [2.05, 4.69) is 43.8 Å². The number of piperazine rings is 1. The summed E-state index contributed by atoms with van der Waals surface area (Å²) in [6.07, 6.45) is 11.9. The molecular formula is C26H37N7OS. The highest BCUT2D eigenvalue weighted by molar-refractivity contribution is 7.17. The van der Waals surface area contributed by atoms with E-state index in [0.717, 1.165) is 61.7 Å². The van der Waals surface area contributed by atoms with Crippen LogP contribution in [0, 0.1) is 6.92 Å². The van der Waals surface area contributed by atoms with Gasteiger partial charge in [-0.25, -0.2) is 9.97 Å². The zero-order valence-electron chi connectivity index (χ0n) is 20.7. The van der Waals surface area contributed by atoms with E-state index in [1.54, 1.807) is 11.3 Å². The summed E-state index contributed by atoms with van der Waals surface area (Å²) in [5, 5.41) is 15.4. The molecule has 0 amide bonds. The van der Waals surface area contributed by atoms with Crippen molar-refractivity contribution < 1.29 is 4.74 Å². The number of aryl methyl sites for hydroxylation is 1. The zero-order valence-corrected chi connectivity index (χ0v) is 21.5. The van der Waals surface area contributed by atoms with Crippen molar-refractivity contribution in [3.63, 3.8) is 0 Å². The fourth-order valence-electron chi connectivity index (χ4n) is 5.94. The summed E-state index contributed by atoms with van der Waals surface area (Å²) in [6.45, 7) is 8.46. The lowest BCUT2D eigenvalue weighted by Gasteiger charge is -2.39. The Bertz CT molecular complexity index is 1120. The first-order valence-corrected chi connectivity index (χ1v) is 14.2. The van der Waals surface area contributed by atoms with Crippen molar-refractivity contribution in [1.82, 2.24) is 30.0 Å². The molecule has 9 heteroatoms. The molecule has 0 atom stereocenters. The van der Waals surface area contributed by atoms with E-state index in [1.807, 2.05) is 6.20 Å². The van der Waals surface area contributed by atoms with Gasteiger partial charge >= 0.3 is 0 Å². The lowest BCUT2D eigenvalue weighted by molar-refractivity contribution is 0.0662. The van der Waals surface area contributed by atoms with E-state index in [-0.39, 0.29) is 0 Å². The van der Waals surface area contributed by atoms with Crippen LogP contribution in [0.1, 0.15) is 61.5 Å². The number of aromatic nitrogens is 4. The SMILES string of the molecule is Cc1csc2nc(Cc3cnn(C4CCOCC4)c3)nc(NC3CCC(N4CCNCC4)CC3)c12. The van der Waals surface area contributed by atoms with Crippen molar-refractivity contribution in [2.75, 3.05) is 44.7 Å². The van der Waals surface area contributed by atoms with Gasteiger partial charge in [0.15, 0.2) is 0 Å². The Morgan fingerprint density at radius 2 is 1.86 bits per heavy atom. The molecule has 2 N–H and O–H groups in total. The third-order valence-electron chi connectivity index (χ3n) is 7.95. The molecule has 0 unspecified atom stereocenters. The van der Waals surface area contributed by atoms with E-state index in [1.165, 1.54) is 55.3 Å². The Morgan fingerprint density at radius 1 is 1.06 bits per heavy atom. The van der Waals surface area contributed by atoms with E-state index in [4.69, 9.17) is 14.7 Å².